The maximum absolute atomic E-state index is 12.4. The molecule has 0 aromatic heterocycles. The zero-order valence-electron chi connectivity index (χ0n) is 18.3. The molecule has 0 spiro atoms. The van der Waals surface area contributed by atoms with E-state index in [9.17, 15) is 9.59 Å². The third kappa shape index (κ3) is 6.34. The van der Waals surface area contributed by atoms with Crippen molar-refractivity contribution in [2.45, 2.75) is 32.7 Å². The van der Waals surface area contributed by atoms with Gasteiger partial charge in [-0.05, 0) is 38.1 Å². The van der Waals surface area contributed by atoms with Gasteiger partial charge in [0, 0.05) is 31.6 Å². The molecule has 3 rings (SSSR count). The molecule has 4 N–H and O–H groups in total. The molecule has 1 aromatic rings. The first kappa shape index (κ1) is 22.4. The lowest BCUT2D eigenvalue weighted by molar-refractivity contribution is -1.01. The fourth-order valence-corrected chi connectivity index (χ4v) is 4.28. The molecule has 0 aliphatic carbocycles. The summed E-state index contributed by atoms with van der Waals surface area (Å²) in [4.78, 5) is 29.7. The van der Waals surface area contributed by atoms with E-state index in [1.165, 1.54) is 32.7 Å². The van der Waals surface area contributed by atoms with Crippen molar-refractivity contribution in [1.29, 1.82) is 0 Å². The Morgan fingerprint density at radius 3 is 2.50 bits per heavy atom. The number of hydrogen-bond donors (Lipinski definition) is 4. The number of amides is 3. The first-order valence-electron chi connectivity index (χ1n) is 11.3. The molecular formula is C22H37N5O3+2. The van der Waals surface area contributed by atoms with Gasteiger partial charge in [0.2, 0.25) is 5.91 Å². The molecule has 2 aliphatic heterocycles. The monoisotopic (exact) mass is 419 g/mol. The summed E-state index contributed by atoms with van der Waals surface area (Å²) >= 11 is 0. The second-order valence-corrected chi connectivity index (χ2v) is 8.19. The number of carbonyl (C=O) groups excluding carboxylic acids is 2. The Morgan fingerprint density at radius 2 is 1.83 bits per heavy atom. The maximum Gasteiger partial charge on any atom is 0.315 e. The quantitative estimate of drug-likeness (QED) is 0.375. The highest BCUT2D eigenvalue weighted by molar-refractivity contribution is 5.96. The normalized spacial score (nSPS) is 24.0. The van der Waals surface area contributed by atoms with Gasteiger partial charge >= 0.3 is 6.03 Å². The summed E-state index contributed by atoms with van der Waals surface area (Å²) in [6.45, 7) is 13.2. The molecule has 1 atom stereocenters. The van der Waals surface area contributed by atoms with E-state index < -0.39 is 0 Å². The van der Waals surface area contributed by atoms with Gasteiger partial charge in [-0.15, -0.1) is 0 Å². The minimum absolute atomic E-state index is 0.0291. The number of carbonyl (C=O) groups is 2. The van der Waals surface area contributed by atoms with E-state index in [1.54, 1.807) is 14.7 Å². The van der Waals surface area contributed by atoms with Crippen LogP contribution in [0.2, 0.25) is 0 Å². The van der Waals surface area contributed by atoms with Crippen LogP contribution in [0.4, 0.5) is 10.5 Å². The summed E-state index contributed by atoms with van der Waals surface area (Å²) < 4.78 is 5.45. The molecule has 2 aliphatic rings. The Labute approximate surface area is 179 Å². The van der Waals surface area contributed by atoms with Crippen LogP contribution in [-0.4, -0.2) is 76.9 Å². The Bertz CT molecular complexity index is 689. The number of ether oxygens (including phenoxy) is 1. The van der Waals surface area contributed by atoms with E-state index in [0.717, 1.165) is 24.4 Å². The molecular weight excluding hydrogens is 382 g/mol. The van der Waals surface area contributed by atoms with Crippen LogP contribution in [0.15, 0.2) is 24.3 Å². The molecule has 8 nitrogen and oxygen atoms in total. The van der Waals surface area contributed by atoms with E-state index in [2.05, 4.69) is 17.6 Å². The lowest BCUT2D eigenvalue weighted by Crippen LogP contribution is -3.28. The average molecular weight is 420 g/mol. The third-order valence-corrected chi connectivity index (χ3v) is 6.08. The van der Waals surface area contributed by atoms with Crippen molar-refractivity contribution in [2.75, 3.05) is 63.9 Å². The van der Waals surface area contributed by atoms with Crippen LogP contribution in [0.1, 0.15) is 26.7 Å². The highest BCUT2D eigenvalue weighted by atomic mass is 16.5. The predicted octanol–water partition coefficient (Wildman–Crippen LogP) is -1.32. The van der Waals surface area contributed by atoms with Gasteiger partial charge in [-0.3, -0.25) is 4.79 Å². The molecule has 1 aromatic carbocycles. The van der Waals surface area contributed by atoms with Crippen molar-refractivity contribution in [3.05, 3.63) is 24.3 Å². The number of rotatable bonds is 9. The Balaban J connectivity index is 1.34. The number of benzene rings is 1. The Hall–Kier alpha value is -2.32. The molecule has 3 amide bonds. The number of nitrogens with zero attached hydrogens (tertiary/aromatic N) is 1. The van der Waals surface area contributed by atoms with Gasteiger partial charge in [-0.25, -0.2) is 4.79 Å². The largest absolute Gasteiger partial charge is 0.494 e. The van der Waals surface area contributed by atoms with Crippen molar-refractivity contribution < 1.29 is 24.1 Å². The van der Waals surface area contributed by atoms with Gasteiger partial charge in [-0.1, -0.05) is 0 Å². The Morgan fingerprint density at radius 1 is 1.13 bits per heavy atom. The van der Waals surface area contributed by atoms with Crippen molar-refractivity contribution in [3.63, 3.8) is 0 Å². The lowest BCUT2D eigenvalue weighted by atomic mass is 10.2. The topological polar surface area (TPSA) is 79.5 Å². The zero-order chi connectivity index (χ0) is 21.3. The number of piperazine rings is 1. The fraction of sp³-hybridized carbons (Fsp3) is 0.636. The van der Waals surface area contributed by atoms with Gasteiger partial charge in [-0.2, -0.15) is 0 Å². The molecule has 0 unspecified atom stereocenters. The summed E-state index contributed by atoms with van der Waals surface area (Å²) in [5, 5.41) is 5.89. The van der Waals surface area contributed by atoms with E-state index in [1.807, 2.05) is 31.2 Å². The van der Waals surface area contributed by atoms with Crippen molar-refractivity contribution in [1.82, 2.24) is 10.6 Å². The summed E-state index contributed by atoms with van der Waals surface area (Å²) in [5.74, 6) is 0.818. The molecule has 166 valence electrons. The molecule has 2 fully saturated rings. The standard InChI is InChI=1S/C22H35N5O3/c1-3-25-12-14-26(15-13-25)11-5-10-23-22(29)24-18-16-21(28)27(17-18)19-6-8-20(9-7-19)30-4-2/h6-9,18H,3-5,10-17H2,1-2H3,(H2,23,24,29)/p+2/t18-/m0/s1. The van der Waals surface area contributed by atoms with Crippen LogP contribution in [0.3, 0.4) is 0 Å². The Kier molecular flexibility index (Phi) is 8.33. The second kappa shape index (κ2) is 11.2. The van der Waals surface area contributed by atoms with Crippen LogP contribution < -0.4 is 30.1 Å². The molecule has 0 bridgehead atoms. The van der Waals surface area contributed by atoms with Crippen LogP contribution in [-0.2, 0) is 4.79 Å². The zero-order valence-corrected chi connectivity index (χ0v) is 18.3. The number of hydrogen-bond acceptors (Lipinski definition) is 3. The van der Waals surface area contributed by atoms with Gasteiger partial charge in [0.25, 0.3) is 0 Å². The fourth-order valence-electron chi connectivity index (χ4n) is 4.28. The van der Waals surface area contributed by atoms with Crippen molar-refractivity contribution in [3.8, 4) is 5.75 Å². The van der Waals surface area contributed by atoms with Crippen molar-refractivity contribution in [2.24, 2.45) is 0 Å². The predicted molar refractivity (Wildman–Crippen MR) is 116 cm³/mol. The maximum atomic E-state index is 12.4. The molecule has 30 heavy (non-hydrogen) atoms. The van der Waals surface area contributed by atoms with E-state index in [-0.39, 0.29) is 18.0 Å². The van der Waals surface area contributed by atoms with Gasteiger partial charge in [0.1, 0.15) is 31.9 Å². The van der Waals surface area contributed by atoms with E-state index in [4.69, 9.17) is 4.74 Å². The summed E-state index contributed by atoms with van der Waals surface area (Å²) in [6, 6.07) is 7.15. The number of urea groups is 1. The minimum Gasteiger partial charge on any atom is -0.494 e. The minimum atomic E-state index is -0.184. The molecule has 2 heterocycles. The number of nitrogens with one attached hydrogen (secondary N) is 4. The van der Waals surface area contributed by atoms with Gasteiger partial charge < -0.3 is 30.1 Å². The van der Waals surface area contributed by atoms with E-state index in [0.29, 0.717) is 26.1 Å². The first-order chi connectivity index (χ1) is 14.6. The number of quaternary nitrogens is 2. The molecule has 0 saturated carbocycles. The lowest BCUT2D eigenvalue weighted by Gasteiger charge is -2.29. The second-order valence-electron chi connectivity index (χ2n) is 8.19. The van der Waals surface area contributed by atoms with Crippen LogP contribution >= 0.6 is 0 Å². The molecule has 0 radical (unpaired) electrons. The van der Waals surface area contributed by atoms with Gasteiger partial charge in [0.15, 0.2) is 0 Å². The smallest absolute Gasteiger partial charge is 0.315 e. The highest BCUT2D eigenvalue weighted by Crippen LogP contribution is 2.24. The van der Waals surface area contributed by atoms with Crippen LogP contribution in [0.25, 0.3) is 0 Å². The van der Waals surface area contributed by atoms with E-state index >= 15 is 0 Å². The molecule has 2 saturated heterocycles. The van der Waals surface area contributed by atoms with Gasteiger partial charge in [0.05, 0.1) is 25.7 Å². The number of likely N-dealkylation sites (N-methyl/N-ethyl adjacent to an activating group) is 1. The number of anilines is 1. The van der Waals surface area contributed by atoms with Crippen molar-refractivity contribution >= 4 is 17.6 Å². The SMILES string of the molecule is CCOc1ccc(N2C[C@@H](NC(=O)NCCC[NH+]3CC[NH+](CC)CC3)CC2=O)cc1. The summed E-state index contributed by atoms with van der Waals surface area (Å²) in [7, 11) is 0. The third-order valence-electron chi connectivity index (χ3n) is 6.08. The average Bonchev–Trinajstić information content (AvgIpc) is 3.12. The highest BCUT2D eigenvalue weighted by Gasteiger charge is 2.31. The van der Waals surface area contributed by atoms with Crippen LogP contribution in [0, 0.1) is 0 Å². The first-order valence-corrected chi connectivity index (χ1v) is 11.3. The van der Waals surface area contributed by atoms with Crippen LogP contribution in [0.5, 0.6) is 5.75 Å². The summed E-state index contributed by atoms with van der Waals surface area (Å²) in [5.41, 5.74) is 0.834. The summed E-state index contributed by atoms with van der Waals surface area (Å²) in [6.07, 6.45) is 1.31. The molecule has 8 heteroatoms.